The van der Waals surface area contributed by atoms with E-state index in [2.05, 4.69) is 0 Å². The summed E-state index contributed by atoms with van der Waals surface area (Å²) < 4.78 is 5.17. The molecule has 3 atom stereocenters. The van der Waals surface area contributed by atoms with Gasteiger partial charge in [0.2, 0.25) is 0 Å². The quantitative estimate of drug-likeness (QED) is 0.503. The van der Waals surface area contributed by atoms with E-state index in [0.29, 0.717) is 13.0 Å². The number of ketones is 1. The van der Waals surface area contributed by atoms with Crippen LogP contribution in [-0.4, -0.2) is 40.4 Å². The Bertz CT molecular complexity index is 215. The number of aliphatic hydroxyl groups is 2. The van der Waals surface area contributed by atoms with Crippen molar-refractivity contribution in [2.24, 2.45) is 0 Å². The average Bonchev–Trinajstić information content (AvgIpc) is 2.33. The fourth-order valence-corrected chi connectivity index (χ4v) is 1.97. The fourth-order valence-electron chi connectivity index (χ4n) is 1.97. The van der Waals surface area contributed by atoms with E-state index in [1.54, 1.807) is 0 Å². The molecule has 12 heavy (non-hydrogen) atoms. The SMILES string of the molecule is O=C1CC(O)[C@@]2(O)CCO[C@@H]2C1. The van der Waals surface area contributed by atoms with Crippen LogP contribution in [0.3, 0.4) is 0 Å². The molecule has 2 fully saturated rings. The first-order valence-corrected chi connectivity index (χ1v) is 4.16. The maximum Gasteiger partial charge on any atom is 0.138 e. The normalized spacial score (nSPS) is 47.7. The molecule has 1 aliphatic heterocycles. The highest BCUT2D eigenvalue weighted by molar-refractivity contribution is 5.81. The van der Waals surface area contributed by atoms with Crippen LogP contribution in [0.1, 0.15) is 19.3 Å². The van der Waals surface area contributed by atoms with Gasteiger partial charge in [-0.2, -0.15) is 0 Å². The summed E-state index contributed by atoms with van der Waals surface area (Å²) in [6, 6.07) is 0. The minimum Gasteiger partial charge on any atom is -0.390 e. The molecule has 4 heteroatoms. The summed E-state index contributed by atoms with van der Waals surface area (Å²) in [6.07, 6.45) is -0.671. The summed E-state index contributed by atoms with van der Waals surface area (Å²) in [6.45, 7) is 0.436. The van der Waals surface area contributed by atoms with Gasteiger partial charge in [0.1, 0.15) is 11.4 Å². The summed E-state index contributed by atoms with van der Waals surface area (Å²) in [5.74, 6) is -0.0286. The molecule has 0 radical (unpaired) electrons. The Balaban J connectivity index is 2.22. The maximum atomic E-state index is 11.0. The van der Waals surface area contributed by atoms with Crippen LogP contribution in [0.25, 0.3) is 0 Å². The Hall–Kier alpha value is -0.450. The van der Waals surface area contributed by atoms with Crippen molar-refractivity contribution in [3.05, 3.63) is 0 Å². The molecular weight excluding hydrogens is 160 g/mol. The van der Waals surface area contributed by atoms with Gasteiger partial charge in [0.05, 0.1) is 18.8 Å². The van der Waals surface area contributed by atoms with Crippen molar-refractivity contribution < 1.29 is 19.7 Å². The van der Waals surface area contributed by atoms with Crippen molar-refractivity contribution in [3.63, 3.8) is 0 Å². The number of hydrogen-bond acceptors (Lipinski definition) is 4. The highest BCUT2D eigenvalue weighted by Crippen LogP contribution is 2.36. The molecule has 0 spiro atoms. The van der Waals surface area contributed by atoms with E-state index in [1.165, 1.54) is 0 Å². The molecule has 1 saturated heterocycles. The zero-order valence-corrected chi connectivity index (χ0v) is 6.69. The van der Waals surface area contributed by atoms with Crippen molar-refractivity contribution in [2.75, 3.05) is 6.61 Å². The van der Waals surface area contributed by atoms with Crippen LogP contribution in [0.2, 0.25) is 0 Å². The number of hydrogen-bond donors (Lipinski definition) is 2. The van der Waals surface area contributed by atoms with Crippen LogP contribution in [0.15, 0.2) is 0 Å². The molecule has 2 rings (SSSR count). The molecule has 1 saturated carbocycles. The van der Waals surface area contributed by atoms with Crippen molar-refractivity contribution in [1.82, 2.24) is 0 Å². The molecule has 1 aliphatic carbocycles. The molecule has 1 heterocycles. The van der Waals surface area contributed by atoms with Crippen LogP contribution in [0.4, 0.5) is 0 Å². The first-order valence-electron chi connectivity index (χ1n) is 4.16. The number of carbonyl (C=O) groups is 1. The molecule has 68 valence electrons. The van der Waals surface area contributed by atoms with Gasteiger partial charge in [-0.05, 0) is 0 Å². The number of rotatable bonds is 0. The molecule has 4 nitrogen and oxygen atoms in total. The zero-order chi connectivity index (χ0) is 8.77. The first-order chi connectivity index (χ1) is 5.63. The molecule has 0 aromatic carbocycles. The average molecular weight is 172 g/mol. The Kier molecular flexibility index (Phi) is 1.71. The predicted octanol–water partition coefficient (Wildman–Crippen LogP) is -0.770. The number of fused-ring (bicyclic) bond motifs is 1. The van der Waals surface area contributed by atoms with Gasteiger partial charge in [0.25, 0.3) is 0 Å². The van der Waals surface area contributed by atoms with Gasteiger partial charge in [-0.3, -0.25) is 4.79 Å². The fraction of sp³-hybridized carbons (Fsp3) is 0.875. The summed E-state index contributed by atoms with van der Waals surface area (Å²) in [7, 11) is 0. The van der Waals surface area contributed by atoms with E-state index >= 15 is 0 Å². The van der Waals surface area contributed by atoms with E-state index in [9.17, 15) is 15.0 Å². The third kappa shape index (κ3) is 0.990. The van der Waals surface area contributed by atoms with Crippen LogP contribution >= 0.6 is 0 Å². The lowest BCUT2D eigenvalue weighted by atomic mass is 9.79. The number of ether oxygens (including phenoxy) is 1. The van der Waals surface area contributed by atoms with E-state index in [1.807, 2.05) is 0 Å². The maximum absolute atomic E-state index is 11.0. The first kappa shape index (κ1) is 8.16. The van der Waals surface area contributed by atoms with Crippen molar-refractivity contribution >= 4 is 5.78 Å². The minimum absolute atomic E-state index is 0.0286. The molecule has 0 amide bonds. The van der Waals surface area contributed by atoms with Crippen LogP contribution in [0.5, 0.6) is 0 Å². The van der Waals surface area contributed by atoms with E-state index in [4.69, 9.17) is 4.74 Å². The second-order valence-electron chi connectivity index (χ2n) is 3.56. The van der Waals surface area contributed by atoms with Crippen molar-refractivity contribution in [2.45, 2.75) is 37.1 Å². The van der Waals surface area contributed by atoms with Gasteiger partial charge < -0.3 is 14.9 Å². The third-order valence-electron chi connectivity index (χ3n) is 2.79. The number of carbonyl (C=O) groups excluding carboxylic acids is 1. The lowest BCUT2D eigenvalue weighted by molar-refractivity contribution is -0.156. The Labute approximate surface area is 70.1 Å². The molecule has 0 aromatic heterocycles. The van der Waals surface area contributed by atoms with Crippen LogP contribution in [-0.2, 0) is 9.53 Å². The molecule has 2 N–H and O–H groups in total. The van der Waals surface area contributed by atoms with Crippen molar-refractivity contribution in [1.29, 1.82) is 0 Å². The van der Waals surface area contributed by atoms with Crippen LogP contribution in [0, 0.1) is 0 Å². The van der Waals surface area contributed by atoms with Gasteiger partial charge in [-0.25, -0.2) is 0 Å². The number of aliphatic hydroxyl groups excluding tert-OH is 1. The highest BCUT2D eigenvalue weighted by Gasteiger charge is 2.52. The van der Waals surface area contributed by atoms with Gasteiger partial charge in [-0.15, -0.1) is 0 Å². The molecule has 2 aliphatic rings. The van der Waals surface area contributed by atoms with Crippen LogP contribution < -0.4 is 0 Å². The van der Waals surface area contributed by atoms with Gasteiger partial charge in [-0.1, -0.05) is 0 Å². The molecule has 0 bridgehead atoms. The minimum atomic E-state index is -1.16. The summed E-state index contributed by atoms with van der Waals surface area (Å²) in [4.78, 5) is 11.0. The standard InChI is InChI=1S/C8H12O4/c9-5-3-6(10)8(11)1-2-12-7(8)4-5/h6-7,10-11H,1-4H2/t6?,7-,8+/m1/s1. The Morgan fingerprint density at radius 2 is 2.25 bits per heavy atom. The van der Waals surface area contributed by atoms with E-state index < -0.39 is 17.8 Å². The zero-order valence-electron chi connectivity index (χ0n) is 6.69. The smallest absolute Gasteiger partial charge is 0.138 e. The monoisotopic (exact) mass is 172 g/mol. The molecule has 0 aromatic rings. The van der Waals surface area contributed by atoms with E-state index in [0.717, 1.165) is 0 Å². The third-order valence-corrected chi connectivity index (χ3v) is 2.79. The van der Waals surface area contributed by atoms with Gasteiger partial charge in [0.15, 0.2) is 0 Å². The lowest BCUT2D eigenvalue weighted by Gasteiger charge is -2.36. The summed E-state index contributed by atoms with van der Waals surface area (Å²) in [5.41, 5.74) is -1.16. The largest absolute Gasteiger partial charge is 0.390 e. The van der Waals surface area contributed by atoms with Gasteiger partial charge >= 0.3 is 0 Å². The lowest BCUT2D eigenvalue weighted by Crippen LogP contribution is -2.54. The summed E-state index contributed by atoms with van der Waals surface area (Å²) >= 11 is 0. The number of Topliss-reactive ketones (excluding diaryl/α,β-unsaturated/α-hetero) is 1. The molecule has 1 unspecified atom stereocenters. The Morgan fingerprint density at radius 3 is 3.00 bits per heavy atom. The van der Waals surface area contributed by atoms with Crippen molar-refractivity contribution in [3.8, 4) is 0 Å². The molecular formula is C8H12O4. The highest BCUT2D eigenvalue weighted by atomic mass is 16.5. The second kappa shape index (κ2) is 2.52. The topological polar surface area (TPSA) is 66.8 Å². The summed E-state index contributed by atoms with van der Waals surface area (Å²) in [5, 5.41) is 19.3. The van der Waals surface area contributed by atoms with E-state index in [-0.39, 0.29) is 18.6 Å². The Morgan fingerprint density at radius 1 is 1.50 bits per heavy atom. The predicted molar refractivity (Wildman–Crippen MR) is 39.6 cm³/mol. The second-order valence-corrected chi connectivity index (χ2v) is 3.56. The van der Waals surface area contributed by atoms with Gasteiger partial charge in [0, 0.05) is 19.3 Å².